The molecule has 0 N–H and O–H groups in total. The molecule has 0 aromatic heterocycles. The minimum absolute atomic E-state index is 0. The van der Waals surface area contributed by atoms with Gasteiger partial charge in [0.15, 0.2) is 0 Å². The lowest BCUT2D eigenvalue weighted by atomic mass is 10.1. The second kappa shape index (κ2) is 12.8. The number of carbonyl (C=O) groups is 1. The fraction of sp³-hybridized carbons (Fsp3) is 0.167. The summed E-state index contributed by atoms with van der Waals surface area (Å²) in [7, 11) is -1.85. The average molecular weight is 580 g/mol. The zero-order chi connectivity index (χ0) is 22.9. The number of rotatable bonds is 9. The Morgan fingerprint density at radius 1 is 0.676 bits per heavy atom. The normalized spacial score (nSPS) is 11.8. The summed E-state index contributed by atoms with van der Waals surface area (Å²) in [6, 6.07) is 41.9. The van der Waals surface area contributed by atoms with Crippen LogP contribution < -0.4 is 39.9 Å². The summed E-state index contributed by atoms with van der Waals surface area (Å²) < 4.78 is 5.65. The summed E-state index contributed by atoms with van der Waals surface area (Å²) >= 11 is 0. The van der Waals surface area contributed by atoms with Crippen LogP contribution >= 0.6 is 7.26 Å². The maximum absolute atomic E-state index is 12.4. The Morgan fingerprint density at radius 3 is 1.47 bits per heavy atom. The number of hydrogen-bond donors (Lipinski definition) is 0. The van der Waals surface area contributed by atoms with E-state index in [2.05, 4.69) is 97.9 Å². The molecule has 0 bridgehead atoms. The predicted octanol–water partition coefficient (Wildman–Crippen LogP) is 2.87. The molecule has 0 amide bonds. The Kier molecular flexibility index (Phi) is 9.86. The van der Waals surface area contributed by atoms with Crippen molar-refractivity contribution < 1.29 is 33.5 Å². The van der Waals surface area contributed by atoms with Crippen molar-refractivity contribution >= 4 is 29.1 Å². The summed E-state index contributed by atoms with van der Waals surface area (Å²) in [6.07, 6.45) is 1.99. The summed E-state index contributed by atoms with van der Waals surface area (Å²) in [6.45, 7) is 2.60. The van der Waals surface area contributed by atoms with E-state index in [9.17, 15) is 4.79 Å². The van der Waals surface area contributed by atoms with Crippen LogP contribution in [0.1, 0.15) is 23.7 Å². The number of esters is 1. The van der Waals surface area contributed by atoms with Crippen molar-refractivity contribution in [3.8, 4) is 0 Å². The summed E-state index contributed by atoms with van der Waals surface area (Å²) in [4.78, 5) is 12.4. The van der Waals surface area contributed by atoms with Crippen molar-refractivity contribution in [1.82, 2.24) is 0 Å². The molecule has 0 unspecified atom stereocenters. The van der Waals surface area contributed by atoms with E-state index in [1.54, 1.807) is 12.1 Å². The lowest BCUT2D eigenvalue weighted by Crippen LogP contribution is -3.00. The molecule has 174 valence electrons. The van der Waals surface area contributed by atoms with Crippen molar-refractivity contribution in [2.24, 2.45) is 5.92 Å². The van der Waals surface area contributed by atoms with Gasteiger partial charge in [0.1, 0.15) is 23.2 Å². The molecule has 34 heavy (non-hydrogen) atoms. The van der Waals surface area contributed by atoms with Crippen LogP contribution in [-0.4, -0.2) is 18.7 Å². The largest absolute Gasteiger partial charge is 1.00 e. The topological polar surface area (TPSA) is 26.3 Å². The zero-order valence-electron chi connectivity index (χ0n) is 19.4. The molecule has 4 aromatic carbocycles. The van der Waals surface area contributed by atoms with Gasteiger partial charge in [-0.1, -0.05) is 79.7 Å². The highest BCUT2D eigenvalue weighted by Gasteiger charge is 2.44. The van der Waals surface area contributed by atoms with Crippen molar-refractivity contribution in [2.45, 2.75) is 13.3 Å². The molecular weight excluding hydrogens is 550 g/mol. The molecule has 2 nitrogen and oxygen atoms in total. The molecular formula is C30H30IO2P. The Balaban J connectivity index is 0.00000324. The van der Waals surface area contributed by atoms with Gasteiger partial charge in [-0.25, -0.2) is 4.79 Å². The minimum Gasteiger partial charge on any atom is -1.00 e. The van der Waals surface area contributed by atoms with Crippen LogP contribution in [0.15, 0.2) is 121 Å². The Morgan fingerprint density at radius 2 is 1.06 bits per heavy atom. The molecule has 0 aliphatic heterocycles. The van der Waals surface area contributed by atoms with Gasteiger partial charge in [0.2, 0.25) is 0 Å². The minimum atomic E-state index is -1.85. The van der Waals surface area contributed by atoms with E-state index < -0.39 is 7.26 Å². The Hall–Kier alpha value is -2.49. The first-order valence-corrected chi connectivity index (χ1v) is 13.4. The maximum Gasteiger partial charge on any atom is 0.338 e. The van der Waals surface area contributed by atoms with Crippen molar-refractivity contribution in [1.29, 1.82) is 0 Å². The average Bonchev–Trinajstić information content (AvgIpc) is 2.90. The monoisotopic (exact) mass is 580 g/mol. The van der Waals surface area contributed by atoms with Gasteiger partial charge in [-0.2, -0.15) is 0 Å². The highest BCUT2D eigenvalue weighted by Crippen LogP contribution is 2.56. The second-order valence-electron chi connectivity index (χ2n) is 8.40. The molecule has 4 aromatic rings. The quantitative estimate of drug-likeness (QED) is 0.173. The molecule has 0 radical (unpaired) electrons. The van der Waals surface area contributed by atoms with E-state index in [4.69, 9.17) is 4.74 Å². The zero-order valence-corrected chi connectivity index (χ0v) is 22.4. The fourth-order valence-electron chi connectivity index (χ4n) is 4.25. The molecule has 0 spiro atoms. The number of benzene rings is 4. The van der Waals surface area contributed by atoms with Gasteiger partial charge < -0.3 is 28.7 Å². The van der Waals surface area contributed by atoms with Gasteiger partial charge in [0, 0.05) is 0 Å². The summed E-state index contributed by atoms with van der Waals surface area (Å²) in [5, 5.41) is 4.16. The first-order chi connectivity index (χ1) is 16.2. The molecule has 4 heteroatoms. The Labute approximate surface area is 220 Å². The van der Waals surface area contributed by atoms with Gasteiger partial charge in [-0.3, -0.25) is 0 Å². The third kappa shape index (κ3) is 6.14. The number of carbonyl (C=O) groups excluding carboxylic acids is 1. The molecule has 0 saturated heterocycles. The first-order valence-electron chi connectivity index (χ1n) is 11.5. The second-order valence-corrected chi connectivity index (χ2v) is 12.0. The van der Waals surface area contributed by atoms with Crippen molar-refractivity contribution in [3.63, 3.8) is 0 Å². The number of halogens is 1. The van der Waals surface area contributed by atoms with Crippen LogP contribution in [0.4, 0.5) is 0 Å². The standard InChI is InChI=1S/C30H30O2P.HI/c1-25(24-32-30(31)26-14-6-2-7-15-26)22-23-33(27-16-8-3-9-17-27,28-18-10-4-11-19-28)29-20-12-5-13-21-29;/h2-21,25H,22-24H2,1H3;1H/q+1;/p-1/t25-;/m0./s1. The van der Waals surface area contributed by atoms with Gasteiger partial charge in [0.25, 0.3) is 0 Å². The van der Waals surface area contributed by atoms with Crippen LogP contribution in [0.5, 0.6) is 0 Å². The fourth-order valence-corrected chi connectivity index (χ4v) is 8.80. The summed E-state index contributed by atoms with van der Waals surface area (Å²) in [5.74, 6) is 0.00543. The Bertz CT molecular complexity index is 1040. The van der Waals surface area contributed by atoms with Gasteiger partial charge in [-0.15, -0.1) is 0 Å². The molecule has 0 aliphatic rings. The highest BCUT2D eigenvalue weighted by atomic mass is 127. The van der Waals surface area contributed by atoms with E-state index >= 15 is 0 Å². The van der Waals surface area contributed by atoms with Gasteiger partial charge >= 0.3 is 5.97 Å². The lowest BCUT2D eigenvalue weighted by molar-refractivity contribution is -0.0000252. The van der Waals surface area contributed by atoms with Crippen LogP contribution in [0, 0.1) is 5.92 Å². The summed E-state index contributed by atoms with van der Waals surface area (Å²) in [5.41, 5.74) is 0.601. The molecule has 1 atom stereocenters. The first kappa shape index (κ1) is 26.1. The van der Waals surface area contributed by atoms with Crippen LogP contribution in [0.2, 0.25) is 0 Å². The smallest absolute Gasteiger partial charge is 0.338 e. The van der Waals surface area contributed by atoms with Crippen LogP contribution in [-0.2, 0) is 4.74 Å². The van der Waals surface area contributed by atoms with E-state index in [0.29, 0.717) is 12.2 Å². The lowest BCUT2D eigenvalue weighted by Gasteiger charge is -2.28. The molecule has 0 aliphatic carbocycles. The van der Waals surface area contributed by atoms with Gasteiger partial charge in [0.05, 0.1) is 18.3 Å². The molecule has 0 fully saturated rings. The molecule has 4 rings (SSSR count). The molecule has 0 heterocycles. The van der Waals surface area contributed by atoms with Crippen molar-refractivity contribution in [2.75, 3.05) is 12.8 Å². The van der Waals surface area contributed by atoms with E-state index in [1.807, 2.05) is 18.2 Å². The highest BCUT2D eigenvalue weighted by molar-refractivity contribution is 7.95. The van der Waals surface area contributed by atoms with Gasteiger partial charge in [-0.05, 0) is 60.9 Å². The van der Waals surface area contributed by atoms with E-state index in [-0.39, 0.29) is 35.9 Å². The third-order valence-corrected chi connectivity index (χ3v) is 10.5. The van der Waals surface area contributed by atoms with Crippen molar-refractivity contribution in [3.05, 3.63) is 127 Å². The number of ether oxygens (including phenoxy) is 1. The van der Waals surface area contributed by atoms with E-state index in [0.717, 1.165) is 12.6 Å². The maximum atomic E-state index is 12.4. The predicted molar refractivity (Wildman–Crippen MR) is 141 cm³/mol. The van der Waals surface area contributed by atoms with Crippen LogP contribution in [0.3, 0.4) is 0 Å². The van der Waals surface area contributed by atoms with E-state index in [1.165, 1.54) is 15.9 Å². The third-order valence-electron chi connectivity index (χ3n) is 6.06. The number of hydrogen-bond acceptors (Lipinski definition) is 2. The van der Waals surface area contributed by atoms with Crippen LogP contribution in [0.25, 0.3) is 0 Å². The molecule has 0 saturated carbocycles. The SMILES string of the molecule is C[C@@H](CC[P+](c1ccccc1)(c1ccccc1)c1ccccc1)COC(=O)c1ccccc1.[I-].